The van der Waals surface area contributed by atoms with Gasteiger partial charge in [0.2, 0.25) is 0 Å². The fraction of sp³-hybridized carbons (Fsp3) is 0.714. The monoisotopic (exact) mass is 284 g/mol. The zero-order chi connectivity index (χ0) is 14.4. The Morgan fingerprint density at radius 3 is 1.94 bits per heavy atom. The highest BCUT2D eigenvalue weighted by molar-refractivity contribution is 6.70. The molecule has 0 aliphatic rings. The largest absolute Gasteiger partial charge is 0.414 e. The molecular weight excluding hydrogens is 256 g/mol. The maximum atomic E-state index is 6.11. The first kappa shape index (κ1) is 17.7. The van der Waals surface area contributed by atoms with Crippen molar-refractivity contribution in [3.05, 3.63) is 12.7 Å². The second-order valence-corrected chi connectivity index (χ2v) is 15.4. The number of hydrogen-bond donors (Lipinski definition) is 0. The summed E-state index contributed by atoms with van der Waals surface area (Å²) in [6.07, 6.45) is 8.87. The van der Waals surface area contributed by atoms with Gasteiger partial charge in [0.05, 0.1) is 12.2 Å². The van der Waals surface area contributed by atoms with E-state index in [1.807, 2.05) is 6.08 Å². The maximum Gasteiger partial charge on any atom is 0.184 e. The zero-order valence-corrected chi connectivity index (χ0v) is 14.7. The van der Waals surface area contributed by atoms with Crippen LogP contribution in [0.15, 0.2) is 12.7 Å². The molecule has 0 heterocycles. The van der Waals surface area contributed by atoms with Gasteiger partial charge in [-0.25, -0.2) is 0 Å². The quantitative estimate of drug-likeness (QED) is 0.381. The molecule has 0 rings (SSSR count). The summed E-state index contributed by atoms with van der Waals surface area (Å²) in [6.45, 7) is 16.9. The standard InChI is InChI=1S/C14H28O2Si2/c1-9-11-14(16-18(6,7)8)12-13(10-2)15-17(3,4)5/h1,10,13-14H,2,11-12H2,3-8H3/t13-,14+/m0/s1. The fourth-order valence-corrected chi connectivity index (χ4v) is 3.99. The van der Waals surface area contributed by atoms with Crippen LogP contribution in [0.4, 0.5) is 0 Å². The van der Waals surface area contributed by atoms with E-state index < -0.39 is 16.6 Å². The first-order chi connectivity index (χ1) is 8.07. The molecule has 0 saturated heterocycles. The molecule has 0 aliphatic carbocycles. The summed E-state index contributed by atoms with van der Waals surface area (Å²) >= 11 is 0. The van der Waals surface area contributed by atoms with E-state index in [0.717, 1.165) is 6.42 Å². The second-order valence-electron chi connectivity index (χ2n) is 6.50. The molecule has 0 N–H and O–H groups in total. The molecule has 0 radical (unpaired) electrons. The van der Waals surface area contributed by atoms with Crippen LogP contribution < -0.4 is 0 Å². The first-order valence-corrected chi connectivity index (χ1v) is 13.3. The lowest BCUT2D eigenvalue weighted by Crippen LogP contribution is -2.37. The smallest absolute Gasteiger partial charge is 0.184 e. The Kier molecular flexibility index (Phi) is 7.15. The summed E-state index contributed by atoms with van der Waals surface area (Å²) in [4.78, 5) is 0. The van der Waals surface area contributed by atoms with Crippen LogP contribution >= 0.6 is 0 Å². The molecule has 104 valence electrons. The zero-order valence-electron chi connectivity index (χ0n) is 12.7. The summed E-state index contributed by atoms with van der Waals surface area (Å²) in [7, 11) is -3.13. The minimum atomic E-state index is -1.57. The summed E-state index contributed by atoms with van der Waals surface area (Å²) in [5.74, 6) is 2.70. The van der Waals surface area contributed by atoms with Crippen molar-refractivity contribution < 1.29 is 8.85 Å². The lowest BCUT2D eigenvalue weighted by Gasteiger charge is -2.30. The predicted octanol–water partition coefficient (Wildman–Crippen LogP) is 4.03. The highest BCUT2D eigenvalue weighted by Crippen LogP contribution is 2.19. The summed E-state index contributed by atoms with van der Waals surface area (Å²) in [6, 6.07) is 0. The molecule has 0 aliphatic heterocycles. The molecular formula is C14H28O2Si2. The Hall–Kier alpha value is -0.346. The number of terminal acetylenes is 1. The van der Waals surface area contributed by atoms with Crippen molar-refractivity contribution in [2.45, 2.75) is 64.3 Å². The Balaban J connectivity index is 4.55. The molecule has 0 saturated carbocycles. The van der Waals surface area contributed by atoms with Crippen LogP contribution in [-0.4, -0.2) is 28.8 Å². The molecule has 4 heteroatoms. The van der Waals surface area contributed by atoms with Gasteiger partial charge in [-0.15, -0.1) is 18.9 Å². The van der Waals surface area contributed by atoms with Crippen molar-refractivity contribution in [2.24, 2.45) is 0 Å². The molecule has 0 aromatic heterocycles. The van der Waals surface area contributed by atoms with Gasteiger partial charge in [-0.1, -0.05) is 6.08 Å². The molecule has 0 aromatic rings. The van der Waals surface area contributed by atoms with Gasteiger partial charge in [0.15, 0.2) is 16.6 Å². The summed E-state index contributed by atoms with van der Waals surface area (Å²) in [5, 5.41) is 0. The fourth-order valence-electron chi connectivity index (χ4n) is 1.71. The third-order valence-electron chi connectivity index (χ3n) is 2.13. The van der Waals surface area contributed by atoms with Crippen molar-refractivity contribution in [2.75, 3.05) is 0 Å². The second kappa shape index (κ2) is 7.29. The van der Waals surface area contributed by atoms with E-state index in [4.69, 9.17) is 15.3 Å². The highest BCUT2D eigenvalue weighted by Gasteiger charge is 2.25. The van der Waals surface area contributed by atoms with Crippen molar-refractivity contribution in [3.63, 3.8) is 0 Å². The minimum absolute atomic E-state index is 0.0476. The van der Waals surface area contributed by atoms with Crippen LogP contribution in [-0.2, 0) is 8.85 Å². The van der Waals surface area contributed by atoms with E-state index in [1.165, 1.54) is 0 Å². The molecule has 0 fully saturated rings. The summed E-state index contributed by atoms with van der Waals surface area (Å²) < 4.78 is 12.2. The van der Waals surface area contributed by atoms with Crippen LogP contribution in [0.5, 0.6) is 0 Å². The van der Waals surface area contributed by atoms with Crippen molar-refractivity contribution >= 4 is 16.6 Å². The average Bonchev–Trinajstić information content (AvgIpc) is 2.12. The lowest BCUT2D eigenvalue weighted by atomic mass is 10.1. The van der Waals surface area contributed by atoms with Gasteiger partial charge >= 0.3 is 0 Å². The van der Waals surface area contributed by atoms with Gasteiger partial charge in [-0.3, -0.25) is 0 Å². The van der Waals surface area contributed by atoms with Crippen molar-refractivity contribution in [1.29, 1.82) is 0 Å². The van der Waals surface area contributed by atoms with Crippen LogP contribution in [0, 0.1) is 12.3 Å². The summed E-state index contributed by atoms with van der Waals surface area (Å²) in [5.41, 5.74) is 0. The van der Waals surface area contributed by atoms with E-state index in [0.29, 0.717) is 6.42 Å². The minimum Gasteiger partial charge on any atom is -0.414 e. The molecule has 18 heavy (non-hydrogen) atoms. The van der Waals surface area contributed by atoms with Crippen molar-refractivity contribution in [1.82, 2.24) is 0 Å². The van der Waals surface area contributed by atoms with Gasteiger partial charge in [-0.05, 0) is 39.3 Å². The molecule has 2 nitrogen and oxygen atoms in total. The predicted molar refractivity (Wildman–Crippen MR) is 84.7 cm³/mol. The van der Waals surface area contributed by atoms with Crippen LogP contribution in [0.2, 0.25) is 39.3 Å². The van der Waals surface area contributed by atoms with Crippen LogP contribution in [0.1, 0.15) is 12.8 Å². The Morgan fingerprint density at radius 1 is 1.11 bits per heavy atom. The molecule has 0 unspecified atom stereocenters. The van der Waals surface area contributed by atoms with Gasteiger partial charge in [-0.2, -0.15) is 0 Å². The van der Waals surface area contributed by atoms with Gasteiger partial charge in [0.1, 0.15) is 0 Å². The first-order valence-electron chi connectivity index (χ1n) is 6.49. The Labute approximate surface area is 115 Å². The van der Waals surface area contributed by atoms with Gasteiger partial charge < -0.3 is 8.85 Å². The number of rotatable bonds is 8. The van der Waals surface area contributed by atoms with E-state index in [9.17, 15) is 0 Å². The van der Waals surface area contributed by atoms with Gasteiger partial charge in [0.25, 0.3) is 0 Å². The van der Waals surface area contributed by atoms with E-state index >= 15 is 0 Å². The molecule has 0 spiro atoms. The molecule has 2 atom stereocenters. The van der Waals surface area contributed by atoms with Crippen LogP contribution in [0.25, 0.3) is 0 Å². The lowest BCUT2D eigenvalue weighted by molar-refractivity contribution is 0.128. The van der Waals surface area contributed by atoms with Gasteiger partial charge in [0, 0.05) is 12.8 Å². The van der Waals surface area contributed by atoms with E-state index in [2.05, 4.69) is 51.8 Å². The van der Waals surface area contributed by atoms with E-state index in [1.54, 1.807) is 0 Å². The molecule has 0 amide bonds. The number of hydrogen-bond acceptors (Lipinski definition) is 2. The molecule has 0 aromatic carbocycles. The average molecular weight is 285 g/mol. The third kappa shape index (κ3) is 9.66. The Bertz CT molecular complexity index is 294. The highest BCUT2D eigenvalue weighted by atomic mass is 28.4. The normalized spacial score (nSPS) is 15.8. The molecule has 0 bridgehead atoms. The van der Waals surface area contributed by atoms with E-state index in [-0.39, 0.29) is 12.2 Å². The van der Waals surface area contributed by atoms with Crippen molar-refractivity contribution in [3.8, 4) is 12.3 Å². The van der Waals surface area contributed by atoms with Crippen LogP contribution in [0.3, 0.4) is 0 Å². The third-order valence-corrected chi connectivity index (χ3v) is 4.18. The topological polar surface area (TPSA) is 18.5 Å². The maximum absolute atomic E-state index is 6.11. The Morgan fingerprint density at radius 2 is 1.61 bits per heavy atom. The SMILES string of the molecule is C#CC[C@H](C[C@H](C=C)O[Si](C)(C)C)O[Si](C)(C)C.